The van der Waals surface area contributed by atoms with Gasteiger partial charge < -0.3 is 10.1 Å². The Morgan fingerprint density at radius 3 is 2.76 bits per heavy atom. The maximum Gasteiger partial charge on any atom is 0.325 e. The van der Waals surface area contributed by atoms with Crippen LogP contribution in [0.2, 0.25) is 0 Å². The minimum absolute atomic E-state index is 0.232. The van der Waals surface area contributed by atoms with Gasteiger partial charge in [0.2, 0.25) is 0 Å². The molecule has 0 saturated carbocycles. The summed E-state index contributed by atoms with van der Waals surface area (Å²) < 4.78 is 6.66. The Bertz CT molecular complexity index is 1180. The predicted octanol–water partition coefficient (Wildman–Crippen LogP) is 3.62. The van der Waals surface area contributed by atoms with Crippen LogP contribution in [0.15, 0.2) is 48.5 Å². The molecule has 3 heterocycles. The van der Waals surface area contributed by atoms with Crippen LogP contribution in [0, 0.1) is 6.92 Å². The van der Waals surface area contributed by atoms with Gasteiger partial charge in [0.1, 0.15) is 5.75 Å². The molecule has 0 bridgehead atoms. The summed E-state index contributed by atoms with van der Waals surface area (Å²) in [6.45, 7) is 1.94. The van der Waals surface area contributed by atoms with E-state index < -0.39 is 17.5 Å². The third-order valence-electron chi connectivity index (χ3n) is 5.66. The third kappa shape index (κ3) is 2.57. The number of Topliss-reactive ketones (excluding diaryl/α,β-unsaturated/α-hetero) is 1. The van der Waals surface area contributed by atoms with Crippen LogP contribution in [0.3, 0.4) is 0 Å². The number of aryl methyl sites for hydroxylation is 1. The lowest BCUT2D eigenvalue weighted by atomic mass is 9.84. The first kappa shape index (κ1) is 17.9. The zero-order chi connectivity index (χ0) is 20.2. The molecule has 1 N–H and O–H groups in total. The van der Waals surface area contributed by atoms with Gasteiger partial charge in [-0.05, 0) is 30.0 Å². The van der Waals surface area contributed by atoms with E-state index in [2.05, 4.69) is 5.32 Å². The number of hydrogen-bond acceptors (Lipinski definition) is 5. The lowest BCUT2D eigenvalue weighted by molar-refractivity contribution is -0.132. The van der Waals surface area contributed by atoms with Crippen molar-refractivity contribution in [3.05, 3.63) is 64.5 Å². The zero-order valence-corrected chi connectivity index (χ0v) is 16.5. The van der Waals surface area contributed by atoms with Crippen molar-refractivity contribution in [1.82, 2.24) is 10.2 Å². The number of amides is 3. The zero-order valence-electron chi connectivity index (χ0n) is 15.7. The topological polar surface area (TPSA) is 75.7 Å². The van der Waals surface area contributed by atoms with Gasteiger partial charge in [-0.3, -0.25) is 14.5 Å². The molecule has 1 spiro atoms. The van der Waals surface area contributed by atoms with Gasteiger partial charge in [0, 0.05) is 16.7 Å². The van der Waals surface area contributed by atoms with E-state index in [-0.39, 0.29) is 12.3 Å². The number of fused-ring (bicyclic) bond motifs is 3. The quantitative estimate of drug-likeness (QED) is 0.532. The Morgan fingerprint density at radius 1 is 1.17 bits per heavy atom. The van der Waals surface area contributed by atoms with E-state index in [1.165, 1.54) is 11.3 Å². The highest BCUT2D eigenvalue weighted by molar-refractivity contribution is 7.21. The molecule has 146 valence electrons. The van der Waals surface area contributed by atoms with Crippen molar-refractivity contribution in [3.8, 4) is 5.75 Å². The first-order chi connectivity index (χ1) is 14.0. The van der Waals surface area contributed by atoms with Crippen molar-refractivity contribution in [3.63, 3.8) is 0 Å². The molecule has 2 aromatic carbocycles. The molecular formula is C22H18N2O4S. The minimum atomic E-state index is -1.17. The highest BCUT2D eigenvalue weighted by atomic mass is 32.1. The monoisotopic (exact) mass is 406 g/mol. The fourth-order valence-electron chi connectivity index (χ4n) is 4.17. The average Bonchev–Trinajstić information content (AvgIpc) is 3.19. The number of carbonyl (C=O) groups excluding carboxylic acids is 3. The van der Waals surface area contributed by atoms with Gasteiger partial charge in [-0.25, -0.2) is 4.79 Å². The second-order valence-electron chi connectivity index (χ2n) is 7.30. The molecular weight excluding hydrogens is 388 g/mol. The van der Waals surface area contributed by atoms with Crippen molar-refractivity contribution in [1.29, 1.82) is 0 Å². The number of hydrogen-bond donors (Lipinski definition) is 1. The standard InChI is InChI=1S/C22H18N2O4S/c1-13-14-6-2-5-9-18(14)29-19(13)16(25)12-24-20(26)22(23-21(24)27)10-11-28-17-8-4-3-7-15(17)22/h2-9H,10-12H2,1H3,(H,23,27)/t22-/m1/s1. The number of ether oxygens (including phenoxy) is 1. The molecule has 6 nitrogen and oxygen atoms in total. The summed E-state index contributed by atoms with van der Waals surface area (Å²) in [7, 11) is 0. The molecule has 0 aliphatic carbocycles. The fraction of sp³-hybridized carbons (Fsp3) is 0.227. The molecule has 2 aliphatic heterocycles. The molecule has 29 heavy (non-hydrogen) atoms. The summed E-state index contributed by atoms with van der Waals surface area (Å²) in [4.78, 5) is 40.6. The van der Waals surface area contributed by atoms with E-state index in [0.717, 1.165) is 20.5 Å². The normalized spacial score (nSPS) is 20.7. The van der Waals surface area contributed by atoms with Crippen LogP contribution in [0.4, 0.5) is 4.79 Å². The number of benzene rings is 2. The number of ketones is 1. The highest BCUT2D eigenvalue weighted by Crippen LogP contribution is 2.41. The Balaban J connectivity index is 1.47. The Hall–Kier alpha value is -3.19. The van der Waals surface area contributed by atoms with Gasteiger partial charge in [-0.1, -0.05) is 36.4 Å². The number of para-hydroxylation sites is 1. The summed E-state index contributed by atoms with van der Waals surface area (Å²) in [5.74, 6) is -0.0455. The van der Waals surface area contributed by atoms with Gasteiger partial charge in [-0.2, -0.15) is 0 Å². The molecule has 3 aromatic rings. The van der Waals surface area contributed by atoms with Gasteiger partial charge in [-0.15, -0.1) is 11.3 Å². The number of nitrogens with zero attached hydrogens (tertiary/aromatic N) is 1. The third-order valence-corrected chi connectivity index (χ3v) is 6.97. The SMILES string of the molecule is Cc1c(C(=O)CN2C(=O)N[C@@]3(CCOc4ccccc43)C2=O)sc2ccccc12. The minimum Gasteiger partial charge on any atom is -0.493 e. The highest BCUT2D eigenvalue weighted by Gasteiger charge is 2.55. The Kier molecular flexibility index (Phi) is 3.96. The van der Waals surface area contributed by atoms with Gasteiger partial charge >= 0.3 is 6.03 Å². The van der Waals surface area contributed by atoms with Crippen molar-refractivity contribution < 1.29 is 19.1 Å². The number of nitrogens with one attached hydrogen (secondary N) is 1. The predicted molar refractivity (Wildman–Crippen MR) is 109 cm³/mol. The van der Waals surface area contributed by atoms with E-state index in [9.17, 15) is 14.4 Å². The summed E-state index contributed by atoms with van der Waals surface area (Å²) >= 11 is 1.39. The largest absolute Gasteiger partial charge is 0.493 e. The first-order valence-electron chi connectivity index (χ1n) is 9.39. The molecule has 3 amide bonds. The van der Waals surface area contributed by atoms with Crippen molar-refractivity contribution in [2.24, 2.45) is 0 Å². The summed E-state index contributed by atoms with van der Waals surface area (Å²) in [6, 6.07) is 14.5. The lowest BCUT2D eigenvalue weighted by Gasteiger charge is -2.33. The van der Waals surface area contributed by atoms with Crippen molar-refractivity contribution in [2.45, 2.75) is 18.9 Å². The maximum absolute atomic E-state index is 13.3. The number of urea groups is 1. The summed E-state index contributed by atoms with van der Waals surface area (Å²) in [5.41, 5.74) is 0.355. The molecule has 1 fully saturated rings. The van der Waals surface area contributed by atoms with Crippen molar-refractivity contribution >= 4 is 39.1 Å². The molecule has 2 aliphatic rings. The molecule has 1 saturated heterocycles. The van der Waals surface area contributed by atoms with Gasteiger partial charge in [0.05, 0.1) is 18.0 Å². The molecule has 7 heteroatoms. The van der Waals surface area contributed by atoms with Gasteiger partial charge in [0.15, 0.2) is 11.3 Å². The second-order valence-corrected chi connectivity index (χ2v) is 8.35. The van der Waals surface area contributed by atoms with Crippen LogP contribution in [0.5, 0.6) is 5.75 Å². The molecule has 0 unspecified atom stereocenters. The average molecular weight is 406 g/mol. The molecule has 1 aromatic heterocycles. The van der Waals surface area contributed by atoms with E-state index in [1.54, 1.807) is 12.1 Å². The van der Waals surface area contributed by atoms with Crippen LogP contribution in [0.25, 0.3) is 10.1 Å². The van der Waals surface area contributed by atoms with Crippen LogP contribution < -0.4 is 10.1 Å². The summed E-state index contributed by atoms with van der Waals surface area (Å²) in [5, 5.41) is 3.85. The smallest absolute Gasteiger partial charge is 0.325 e. The number of thiophene rings is 1. The Morgan fingerprint density at radius 2 is 1.93 bits per heavy atom. The van der Waals surface area contributed by atoms with E-state index in [1.807, 2.05) is 43.3 Å². The maximum atomic E-state index is 13.3. The number of imide groups is 1. The number of carbonyl (C=O) groups is 3. The summed E-state index contributed by atoms with van der Waals surface area (Å²) in [6.07, 6.45) is 0.335. The number of rotatable bonds is 3. The van der Waals surface area contributed by atoms with Crippen LogP contribution in [-0.2, 0) is 10.3 Å². The Labute approximate surface area is 171 Å². The van der Waals surface area contributed by atoms with Crippen LogP contribution >= 0.6 is 11.3 Å². The molecule has 0 radical (unpaired) electrons. The van der Waals surface area contributed by atoms with E-state index >= 15 is 0 Å². The van der Waals surface area contributed by atoms with E-state index in [4.69, 9.17) is 4.74 Å². The van der Waals surface area contributed by atoms with Gasteiger partial charge in [0.25, 0.3) is 5.91 Å². The van der Waals surface area contributed by atoms with Crippen LogP contribution in [0.1, 0.15) is 27.2 Å². The second kappa shape index (κ2) is 6.42. The van der Waals surface area contributed by atoms with Crippen LogP contribution in [-0.4, -0.2) is 35.8 Å². The van der Waals surface area contributed by atoms with E-state index in [0.29, 0.717) is 29.2 Å². The fourth-order valence-corrected chi connectivity index (χ4v) is 5.31. The first-order valence-corrected chi connectivity index (χ1v) is 10.2. The molecule has 5 rings (SSSR count). The van der Waals surface area contributed by atoms with Crippen molar-refractivity contribution in [2.75, 3.05) is 13.2 Å². The lowest BCUT2D eigenvalue weighted by Crippen LogP contribution is -2.47. The molecule has 1 atom stereocenters.